The molecule has 0 bridgehead atoms. The summed E-state index contributed by atoms with van der Waals surface area (Å²) >= 11 is 0. The number of hydrogen-bond acceptors (Lipinski definition) is 2. The molecule has 0 saturated carbocycles. The van der Waals surface area contributed by atoms with Gasteiger partial charge in [-0.3, -0.25) is 0 Å². The third-order valence-corrected chi connectivity index (χ3v) is 3.93. The summed E-state index contributed by atoms with van der Waals surface area (Å²) in [5, 5.41) is 3.60. The van der Waals surface area contributed by atoms with E-state index in [2.05, 4.69) is 72.6 Å². The van der Waals surface area contributed by atoms with Gasteiger partial charge in [0.1, 0.15) is 0 Å². The number of anilines is 1. The Balaban J connectivity index is 1.92. The van der Waals surface area contributed by atoms with E-state index in [0.29, 0.717) is 6.04 Å². The Hall–Kier alpha value is -1.80. The first kappa shape index (κ1) is 13.2. The molecule has 0 saturated heterocycles. The van der Waals surface area contributed by atoms with Gasteiger partial charge in [0.05, 0.1) is 0 Å². The van der Waals surface area contributed by atoms with Crippen molar-refractivity contribution in [3.63, 3.8) is 0 Å². The van der Waals surface area contributed by atoms with Gasteiger partial charge in [0.2, 0.25) is 0 Å². The highest BCUT2D eigenvalue weighted by molar-refractivity contribution is 5.56. The molecule has 0 spiro atoms. The van der Waals surface area contributed by atoms with Gasteiger partial charge in [0, 0.05) is 31.4 Å². The fourth-order valence-corrected chi connectivity index (χ4v) is 2.90. The summed E-state index contributed by atoms with van der Waals surface area (Å²) in [6.07, 6.45) is 0. The fourth-order valence-electron chi connectivity index (χ4n) is 2.90. The third-order valence-electron chi connectivity index (χ3n) is 3.93. The van der Waals surface area contributed by atoms with Gasteiger partial charge in [-0.25, -0.2) is 0 Å². The molecule has 20 heavy (non-hydrogen) atoms. The van der Waals surface area contributed by atoms with E-state index in [-0.39, 0.29) is 0 Å². The van der Waals surface area contributed by atoms with Crippen LogP contribution in [-0.4, -0.2) is 12.6 Å². The molecule has 0 aliphatic carbocycles. The summed E-state index contributed by atoms with van der Waals surface area (Å²) < 4.78 is 0. The van der Waals surface area contributed by atoms with Gasteiger partial charge in [0.15, 0.2) is 0 Å². The zero-order valence-corrected chi connectivity index (χ0v) is 12.3. The number of nitrogens with one attached hydrogen (secondary N) is 1. The maximum Gasteiger partial charge on any atom is 0.0430 e. The molecular formula is C18H22N2. The molecule has 0 amide bonds. The number of nitrogens with zero attached hydrogens (tertiary/aromatic N) is 1. The highest BCUT2D eigenvalue weighted by Gasteiger charge is 2.18. The lowest BCUT2D eigenvalue weighted by Crippen LogP contribution is -2.35. The number of rotatable bonds is 2. The summed E-state index contributed by atoms with van der Waals surface area (Å²) in [6.45, 7) is 7.41. The van der Waals surface area contributed by atoms with Gasteiger partial charge in [-0.05, 0) is 31.0 Å². The Bertz CT molecular complexity index is 577. The van der Waals surface area contributed by atoms with E-state index in [4.69, 9.17) is 0 Å². The smallest absolute Gasteiger partial charge is 0.0430 e. The standard InChI is InChI=1S/C18H22N2/c1-14-8-9-18-17(10-14)11-19-15(2)12-20(18)13-16-6-4-3-5-7-16/h3-10,15,19H,11-13H2,1-2H3. The molecule has 1 aliphatic rings. The molecule has 2 aromatic carbocycles. The molecular weight excluding hydrogens is 244 g/mol. The first-order valence-electron chi connectivity index (χ1n) is 7.34. The van der Waals surface area contributed by atoms with Crippen LogP contribution < -0.4 is 10.2 Å². The van der Waals surface area contributed by atoms with Gasteiger partial charge in [-0.1, -0.05) is 48.0 Å². The lowest BCUT2D eigenvalue weighted by Gasteiger charge is -2.26. The minimum atomic E-state index is 0.506. The van der Waals surface area contributed by atoms with Crippen molar-refractivity contribution < 1.29 is 0 Å². The van der Waals surface area contributed by atoms with Crippen LogP contribution in [0.3, 0.4) is 0 Å². The molecule has 1 N–H and O–H groups in total. The van der Waals surface area contributed by atoms with Crippen molar-refractivity contribution in [1.82, 2.24) is 5.32 Å². The van der Waals surface area contributed by atoms with E-state index in [0.717, 1.165) is 19.6 Å². The molecule has 0 aromatic heterocycles. The van der Waals surface area contributed by atoms with Crippen molar-refractivity contribution in [2.75, 3.05) is 11.4 Å². The number of benzene rings is 2. The molecule has 1 unspecified atom stereocenters. The van der Waals surface area contributed by atoms with Gasteiger partial charge in [-0.15, -0.1) is 0 Å². The van der Waals surface area contributed by atoms with Crippen molar-refractivity contribution in [1.29, 1.82) is 0 Å². The summed E-state index contributed by atoms with van der Waals surface area (Å²) in [6, 6.07) is 18.0. The first-order valence-corrected chi connectivity index (χ1v) is 7.34. The van der Waals surface area contributed by atoms with Crippen LogP contribution in [-0.2, 0) is 13.1 Å². The lowest BCUT2D eigenvalue weighted by atomic mass is 10.1. The van der Waals surface area contributed by atoms with Crippen molar-refractivity contribution in [2.24, 2.45) is 0 Å². The second kappa shape index (κ2) is 5.68. The zero-order valence-electron chi connectivity index (χ0n) is 12.3. The Kier molecular flexibility index (Phi) is 3.75. The molecule has 1 atom stereocenters. The quantitative estimate of drug-likeness (QED) is 0.895. The highest BCUT2D eigenvalue weighted by atomic mass is 15.2. The second-order valence-electron chi connectivity index (χ2n) is 5.78. The van der Waals surface area contributed by atoms with E-state index in [1.165, 1.54) is 22.4 Å². The monoisotopic (exact) mass is 266 g/mol. The minimum Gasteiger partial charge on any atom is -0.365 e. The predicted octanol–water partition coefficient (Wildman–Crippen LogP) is 3.49. The Morgan fingerprint density at radius 2 is 1.95 bits per heavy atom. The van der Waals surface area contributed by atoms with Crippen LogP contribution in [0.5, 0.6) is 0 Å². The Labute approximate surface area is 121 Å². The first-order chi connectivity index (χ1) is 9.72. The number of fused-ring (bicyclic) bond motifs is 1. The average Bonchev–Trinajstić information content (AvgIpc) is 2.59. The SMILES string of the molecule is Cc1ccc2c(c1)CNC(C)CN2Cc1ccccc1. The lowest BCUT2D eigenvalue weighted by molar-refractivity contribution is 0.552. The van der Waals surface area contributed by atoms with Crippen LogP contribution in [0.15, 0.2) is 48.5 Å². The predicted molar refractivity (Wildman–Crippen MR) is 85.0 cm³/mol. The van der Waals surface area contributed by atoms with E-state index in [1.54, 1.807) is 0 Å². The van der Waals surface area contributed by atoms with Gasteiger partial charge >= 0.3 is 0 Å². The molecule has 2 heteroatoms. The fraction of sp³-hybridized carbons (Fsp3) is 0.333. The summed E-state index contributed by atoms with van der Waals surface area (Å²) in [5.74, 6) is 0. The normalized spacial score (nSPS) is 18.5. The van der Waals surface area contributed by atoms with Crippen LogP contribution in [0.25, 0.3) is 0 Å². The van der Waals surface area contributed by atoms with E-state index in [1.807, 2.05) is 0 Å². The molecule has 3 rings (SSSR count). The van der Waals surface area contributed by atoms with Crippen molar-refractivity contribution >= 4 is 5.69 Å². The van der Waals surface area contributed by atoms with Crippen molar-refractivity contribution in [3.05, 3.63) is 65.2 Å². The van der Waals surface area contributed by atoms with Gasteiger partial charge in [0.25, 0.3) is 0 Å². The summed E-state index contributed by atoms with van der Waals surface area (Å²) in [7, 11) is 0. The second-order valence-corrected chi connectivity index (χ2v) is 5.78. The van der Waals surface area contributed by atoms with Gasteiger partial charge in [-0.2, -0.15) is 0 Å². The van der Waals surface area contributed by atoms with Crippen molar-refractivity contribution in [3.8, 4) is 0 Å². The Morgan fingerprint density at radius 1 is 1.15 bits per heavy atom. The van der Waals surface area contributed by atoms with E-state index in [9.17, 15) is 0 Å². The third kappa shape index (κ3) is 2.86. The molecule has 1 heterocycles. The van der Waals surface area contributed by atoms with Gasteiger partial charge < -0.3 is 10.2 Å². The van der Waals surface area contributed by atoms with Crippen LogP contribution in [0.2, 0.25) is 0 Å². The molecule has 0 radical (unpaired) electrons. The summed E-state index contributed by atoms with van der Waals surface area (Å²) in [4.78, 5) is 2.49. The molecule has 0 fully saturated rings. The summed E-state index contributed by atoms with van der Waals surface area (Å²) in [5.41, 5.74) is 5.48. The Morgan fingerprint density at radius 3 is 2.75 bits per heavy atom. The van der Waals surface area contributed by atoms with E-state index < -0.39 is 0 Å². The molecule has 2 aromatic rings. The molecule has 1 aliphatic heterocycles. The largest absolute Gasteiger partial charge is 0.365 e. The number of aryl methyl sites for hydroxylation is 1. The maximum absolute atomic E-state index is 3.60. The topological polar surface area (TPSA) is 15.3 Å². The average molecular weight is 266 g/mol. The van der Waals surface area contributed by atoms with Crippen LogP contribution in [0.1, 0.15) is 23.6 Å². The van der Waals surface area contributed by atoms with Crippen LogP contribution >= 0.6 is 0 Å². The molecule has 2 nitrogen and oxygen atoms in total. The highest BCUT2D eigenvalue weighted by Crippen LogP contribution is 2.26. The van der Waals surface area contributed by atoms with E-state index >= 15 is 0 Å². The van der Waals surface area contributed by atoms with Crippen LogP contribution in [0.4, 0.5) is 5.69 Å². The number of hydrogen-bond donors (Lipinski definition) is 1. The van der Waals surface area contributed by atoms with Crippen molar-refractivity contribution in [2.45, 2.75) is 33.0 Å². The maximum atomic E-state index is 3.60. The zero-order chi connectivity index (χ0) is 13.9. The molecule has 104 valence electrons. The minimum absolute atomic E-state index is 0.506. The van der Waals surface area contributed by atoms with Crippen LogP contribution in [0, 0.1) is 6.92 Å².